The van der Waals surface area contributed by atoms with Gasteiger partial charge in [-0.15, -0.1) is 0 Å². The number of carbonyl (C=O) groups is 1. The Morgan fingerprint density at radius 2 is 1.83 bits per heavy atom. The molecule has 0 amide bonds. The normalized spacial score (nSPS) is 12.7. The Morgan fingerprint density at radius 3 is 2.57 bits per heavy atom. The van der Waals surface area contributed by atoms with Crippen molar-refractivity contribution in [3.8, 4) is 0 Å². The molecule has 1 unspecified atom stereocenters. The molecule has 0 saturated heterocycles. The van der Waals surface area contributed by atoms with Gasteiger partial charge in [0.15, 0.2) is 0 Å². The SMILES string of the molecule is CCC(C)C(=O)OCc1ccc2c(c1)c1ccccc1n2CC. The van der Waals surface area contributed by atoms with E-state index in [9.17, 15) is 4.79 Å². The van der Waals surface area contributed by atoms with Crippen molar-refractivity contribution in [3.05, 3.63) is 48.0 Å². The van der Waals surface area contributed by atoms with E-state index in [-0.39, 0.29) is 11.9 Å². The molecular weight excluding hydrogens is 286 g/mol. The largest absolute Gasteiger partial charge is 0.461 e. The highest BCUT2D eigenvalue weighted by atomic mass is 16.5. The molecule has 0 aliphatic rings. The monoisotopic (exact) mass is 309 g/mol. The number of rotatable bonds is 5. The van der Waals surface area contributed by atoms with E-state index in [1.54, 1.807) is 0 Å². The zero-order chi connectivity index (χ0) is 16.4. The number of aromatic nitrogens is 1. The number of nitrogens with zero attached hydrogens (tertiary/aromatic N) is 1. The summed E-state index contributed by atoms with van der Waals surface area (Å²) in [6.45, 7) is 7.34. The molecule has 0 saturated carbocycles. The van der Waals surface area contributed by atoms with Crippen molar-refractivity contribution in [1.82, 2.24) is 4.57 Å². The van der Waals surface area contributed by atoms with Crippen LogP contribution in [0.25, 0.3) is 21.8 Å². The third kappa shape index (κ3) is 2.83. The number of fused-ring (bicyclic) bond motifs is 3. The van der Waals surface area contributed by atoms with E-state index in [0.717, 1.165) is 18.5 Å². The maximum atomic E-state index is 11.8. The summed E-state index contributed by atoms with van der Waals surface area (Å²) < 4.78 is 7.75. The summed E-state index contributed by atoms with van der Waals surface area (Å²) in [5.74, 6) is -0.163. The fourth-order valence-corrected chi connectivity index (χ4v) is 2.99. The second-order valence-electron chi connectivity index (χ2n) is 6.03. The molecule has 120 valence electrons. The first kappa shape index (κ1) is 15.6. The van der Waals surface area contributed by atoms with Gasteiger partial charge in [-0.2, -0.15) is 0 Å². The first-order valence-corrected chi connectivity index (χ1v) is 8.32. The lowest BCUT2D eigenvalue weighted by molar-refractivity contribution is -0.149. The lowest BCUT2D eigenvalue weighted by atomic mass is 10.1. The van der Waals surface area contributed by atoms with E-state index in [1.807, 2.05) is 13.8 Å². The number of hydrogen-bond acceptors (Lipinski definition) is 2. The van der Waals surface area contributed by atoms with Crippen molar-refractivity contribution >= 4 is 27.8 Å². The summed E-state index contributed by atoms with van der Waals surface area (Å²) >= 11 is 0. The smallest absolute Gasteiger partial charge is 0.308 e. The molecule has 1 heterocycles. The molecule has 0 N–H and O–H groups in total. The van der Waals surface area contributed by atoms with Crippen LogP contribution in [0.15, 0.2) is 42.5 Å². The van der Waals surface area contributed by atoms with Gasteiger partial charge in [0.25, 0.3) is 0 Å². The molecular formula is C20H23NO2. The number of ether oxygens (including phenoxy) is 1. The van der Waals surface area contributed by atoms with Crippen molar-refractivity contribution in [2.75, 3.05) is 0 Å². The summed E-state index contributed by atoms with van der Waals surface area (Å²) in [5, 5.41) is 2.47. The van der Waals surface area contributed by atoms with Crippen LogP contribution in [-0.4, -0.2) is 10.5 Å². The van der Waals surface area contributed by atoms with Crippen LogP contribution >= 0.6 is 0 Å². The van der Waals surface area contributed by atoms with Gasteiger partial charge in [-0.25, -0.2) is 0 Å². The molecule has 3 nitrogen and oxygen atoms in total. The molecule has 0 spiro atoms. The van der Waals surface area contributed by atoms with E-state index < -0.39 is 0 Å². The number of hydrogen-bond donors (Lipinski definition) is 0. The maximum Gasteiger partial charge on any atom is 0.308 e. The van der Waals surface area contributed by atoms with Crippen molar-refractivity contribution in [1.29, 1.82) is 0 Å². The van der Waals surface area contributed by atoms with Crippen LogP contribution in [0.4, 0.5) is 0 Å². The van der Waals surface area contributed by atoms with Gasteiger partial charge < -0.3 is 9.30 Å². The lowest BCUT2D eigenvalue weighted by Crippen LogP contribution is -2.13. The minimum absolute atomic E-state index is 0.0410. The molecule has 0 radical (unpaired) electrons. The van der Waals surface area contributed by atoms with E-state index >= 15 is 0 Å². The predicted octanol–water partition coefficient (Wildman–Crippen LogP) is 4.90. The van der Waals surface area contributed by atoms with Crippen LogP contribution in [0.2, 0.25) is 0 Å². The Morgan fingerprint density at radius 1 is 1.09 bits per heavy atom. The van der Waals surface area contributed by atoms with E-state index in [2.05, 4.69) is 54.0 Å². The third-order valence-corrected chi connectivity index (χ3v) is 4.55. The summed E-state index contributed by atoms with van der Waals surface area (Å²) in [6.07, 6.45) is 0.807. The third-order valence-electron chi connectivity index (χ3n) is 4.55. The number of carbonyl (C=O) groups excluding carboxylic acids is 1. The van der Waals surface area contributed by atoms with Gasteiger partial charge in [0.1, 0.15) is 6.61 Å². The van der Waals surface area contributed by atoms with Gasteiger partial charge in [-0.3, -0.25) is 4.79 Å². The lowest BCUT2D eigenvalue weighted by Gasteiger charge is -2.09. The van der Waals surface area contributed by atoms with E-state index in [1.165, 1.54) is 21.8 Å². The molecule has 3 aromatic rings. The van der Waals surface area contributed by atoms with Crippen molar-refractivity contribution in [3.63, 3.8) is 0 Å². The summed E-state index contributed by atoms with van der Waals surface area (Å²) in [6, 6.07) is 14.8. The summed E-state index contributed by atoms with van der Waals surface area (Å²) in [7, 11) is 0. The Bertz CT molecular complexity index is 847. The highest BCUT2D eigenvalue weighted by Gasteiger charge is 2.13. The molecule has 3 heteroatoms. The minimum Gasteiger partial charge on any atom is -0.461 e. The van der Waals surface area contributed by atoms with Crippen LogP contribution in [0.3, 0.4) is 0 Å². The molecule has 0 aliphatic heterocycles. The second-order valence-corrected chi connectivity index (χ2v) is 6.03. The molecule has 2 aromatic carbocycles. The van der Waals surface area contributed by atoms with Gasteiger partial charge in [0, 0.05) is 28.4 Å². The van der Waals surface area contributed by atoms with Crippen LogP contribution in [0.5, 0.6) is 0 Å². The van der Waals surface area contributed by atoms with Gasteiger partial charge in [0.05, 0.1) is 5.92 Å². The highest BCUT2D eigenvalue weighted by Crippen LogP contribution is 2.29. The van der Waals surface area contributed by atoms with Crippen LogP contribution in [-0.2, 0) is 22.7 Å². The van der Waals surface area contributed by atoms with Crippen LogP contribution in [0.1, 0.15) is 32.8 Å². The van der Waals surface area contributed by atoms with Crippen LogP contribution in [0, 0.1) is 5.92 Å². The van der Waals surface area contributed by atoms with Gasteiger partial charge in [0.2, 0.25) is 0 Å². The van der Waals surface area contributed by atoms with Crippen molar-refractivity contribution in [2.24, 2.45) is 5.92 Å². The zero-order valence-electron chi connectivity index (χ0n) is 14.0. The Labute approximate surface area is 136 Å². The number of para-hydroxylation sites is 1. The number of benzene rings is 2. The first-order valence-electron chi connectivity index (χ1n) is 8.32. The molecule has 1 aromatic heterocycles. The molecule has 0 bridgehead atoms. The molecule has 1 atom stereocenters. The molecule has 3 rings (SSSR count). The number of esters is 1. The Hall–Kier alpha value is -2.29. The zero-order valence-corrected chi connectivity index (χ0v) is 14.0. The van der Waals surface area contributed by atoms with Crippen LogP contribution < -0.4 is 0 Å². The van der Waals surface area contributed by atoms with Gasteiger partial charge in [-0.1, -0.05) is 38.1 Å². The van der Waals surface area contributed by atoms with E-state index in [0.29, 0.717) is 6.61 Å². The van der Waals surface area contributed by atoms with Gasteiger partial charge >= 0.3 is 5.97 Å². The first-order chi connectivity index (χ1) is 11.2. The summed E-state index contributed by atoms with van der Waals surface area (Å²) in [4.78, 5) is 11.8. The predicted molar refractivity (Wildman–Crippen MR) is 94.4 cm³/mol. The van der Waals surface area contributed by atoms with E-state index in [4.69, 9.17) is 4.74 Å². The maximum absolute atomic E-state index is 11.8. The minimum atomic E-state index is -0.122. The Balaban J connectivity index is 1.96. The Kier molecular flexibility index (Phi) is 4.37. The highest BCUT2D eigenvalue weighted by molar-refractivity contribution is 6.08. The standard InChI is InChI=1S/C20H23NO2/c1-4-14(3)20(22)23-13-15-10-11-19-17(12-15)16-8-6-7-9-18(16)21(19)5-2/h6-12,14H,4-5,13H2,1-3H3. The molecule has 0 fully saturated rings. The average Bonchev–Trinajstić information content (AvgIpc) is 2.92. The van der Waals surface area contributed by atoms with Crippen molar-refractivity contribution in [2.45, 2.75) is 40.3 Å². The quantitative estimate of drug-likeness (QED) is 0.627. The molecule has 23 heavy (non-hydrogen) atoms. The summed E-state index contributed by atoms with van der Waals surface area (Å²) in [5.41, 5.74) is 3.51. The average molecular weight is 309 g/mol. The molecule has 0 aliphatic carbocycles. The number of aryl methyl sites for hydroxylation is 1. The van der Waals surface area contributed by atoms with Crippen molar-refractivity contribution < 1.29 is 9.53 Å². The topological polar surface area (TPSA) is 31.2 Å². The second kappa shape index (κ2) is 6.45. The fourth-order valence-electron chi connectivity index (χ4n) is 2.99. The van der Waals surface area contributed by atoms with Gasteiger partial charge in [-0.05, 0) is 37.1 Å². The fraction of sp³-hybridized carbons (Fsp3) is 0.350.